The summed E-state index contributed by atoms with van der Waals surface area (Å²) in [6.07, 6.45) is -2.45. The Labute approximate surface area is 209 Å². The van der Waals surface area contributed by atoms with Gasteiger partial charge in [-0.15, -0.1) is 0 Å². The van der Waals surface area contributed by atoms with E-state index < -0.39 is 17.6 Å². The minimum absolute atomic E-state index is 0.0689. The summed E-state index contributed by atoms with van der Waals surface area (Å²) in [5, 5.41) is 0. The lowest BCUT2D eigenvalue weighted by Gasteiger charge is -2.32. The average Bonchev–Trinajstić information content (AvgIpc) is 3.42. The Morgan fingerprint density at radius 2 is 1.78 bits per heavy atom. The van der Waals surface area contributed by atoms with Crippen molar-refractivity contribution in [1.29, 1.82) is 0 Å². The van der Waals surface area contributed by atoms with E-state index in [1.807, 2.05) is 43.8 Å². The molecule has 4 nitrogen and oxygen atoms in total. The van der Waals surface area contributed by atoms with Crippen LogP contribution in [-0.4, -0.2) is 46.0 Å². The number of alkyl halides is 3. The standard InChI is InChI=1S/C28H31F4N3O/c1-19(2)35(27(36)20-9-11-24(29)12-10-20)16-22-15-34(17-25-8-5-13-33(25)3)18-26(22)21-6-4-7-23(14-21)28(30,31)32/h4-14,19,22,26H,15-18H2,1-3H3. The molecule has 2 unspecified atom stereocenters. The third kappa shape index (κ3) is 5.81. The van der Waals surface area contributed by atoms with E-state index in [0.717, 1.165) is 11.8 Å². The van der Waals surface area contributed by atoms with Crippen molar-refractivity contribution >= 4 is 5.91 Å². The van der Waals surface area contributed by atoms with Gasteiger partial charge in [0.1, 0.15) is 5.82 Å². The van der Waals surface area contributed by atoms with Gasteiger partial charge < -0.3 is 9.47 Å². The molecule has 0 radical (unpaired) electrons. The van der Waals surface area contributed by atoms with Crippen LogP contribution in [-0.2, 0) is 19.8 Å². The highest BCUT2D eigenvalue weighted by Crippen LogP contribution is 2.37. The van der Waals surface area contributed by atoms with Crippen molar-refractivity contribution in [2.45, 2.75) is 38.5 Å². The number of nitrogens with zero attached hydrogens (tertiary/aromatic N) is 3. The highest BCUT2D eigenvalue weighted by Gasteiger charge is 2.38. The fourth-order valence-corrected chi connectivity index (χ4v) is 5.03. The molecular formula is C28H31F4N3O. The average molecular weight is 502 g/mol. The van der Waals surface area contributed by atoms with Gasteiger partial charge in [-0.05, 0) is 67.8 Å². The lowest BCUT2D eigenvalue weighted by atomic mass is 9.87. The molecule has 4 rings (SSSR count). The summed E-state index contributed by atoms with van der Waals surface area (Å²) in [6.45, 7) is 6.12. The molecule has 36 heavy (non-hydrogen) atoms. The Balaban J connectivity index is 1.63. The second kappa shape index (κ2) is 10.5. The first-order chi connectivity index (χ1) is 17.0. The molecule has 1 fully saturated rings. The maximum Gasteiger partial charge on any atom is 0.416 e. The molecule has 0 bridgehead atoms. The number of amides is 1. The maximum absolute atomic E-state index is 13.5. The monoisotopic (exact) mass is 501 g/mol. The van der Waals surface area contributed by atoms with Crippen molar-refractivity contribution in [2.24, 2.45) is 13.0 Å². The summed E-state index contributed by atoms with van der Waals surface area (Å²) in [5.74, 6) is -0.872. The van der Waals surface area contributed by atoms with Gasteiger partial charge in [-0.1, -0.05) is 18.2 Å². The van der Waals surface area contributed by atoms with Crippen molar-refractivity contribution in [1.82, 2.24) is 14.4 Å². The first kappa shape index (κ1) is 25.9. The molecule has 1 amide bonds. The Bertz CT molecular complexity index is 1190. The van der Waals surface area contributed by atoms with E-state index in [9.17, 15) is 22.4 Å². The number of carbonyl (C=O) groups excluding carboxylic acids is 1. The van der Waals surface area contributed by atoms with E-state index in [-0.39, 0.29) is 23.8 Å². The molecule has 1 aliphatic rings. The van der Waals surface area contributed by atoms with E-state index in [1.54, 1.807) is 11.0 Å². The lowest BCUT2D eigenvalue weighted by Crippen LogP contribution is -2.42. The molecular weight excluding hydrogens is 470 g/mol. The van der Waals surface area contributed by atoms with Gasteiger partial charge in [0.15, 0.2) is 0 Å². The van der Waals surface area contributed by atoms with Crippen LogP contribution in [0.25, 0.3) is 0 Å². The quantitative estimate of drug-likeness (QED) is 0.375. The summed E-state index contributed by atoms with van der Waals surface area (Å²) in [6, 6.07) is 14.9. The Kier molecular flexibility index (Phi) is 7.54. The zero-order valence-electron chi connectivity index (χ0n) is 20.7. The molecule has 8 heteroatoms. The van der Waals surface area contributed by atoms with Gasteiger partial charge in [0.05, 0.1) is 5.56 Å². The second-order valence-corrected chi connectivity index (χ2v) is 9.85. The van der Waals surface area contributed by atoms with Crippen LogP contribution in [0, 0.1) is 11.7 Å². The zero-order chi connectivity index (χ0) is 26.0. The number of carbonyl (C=O) groups is 1. The van der Waals surface area contributed by atoms with Crippen molar-refractivity contribution in [3.05, 3.63) is 95.1 Å². The van der Waals surface area contributed by atoms with Gasteiger partial charge in [-0.25, -0.2) is 4.39 Å². The van der Waals surface area contributed by atoms with E-state index in [2.05, 4.69) is 4.90 Å². The number of hydrogen-bond donors (Lipinski definition) is 0. The van der Waals surface area contributed by atoms with Crippen molar-refractivity contribution in [2.75, 3.05) is 19.6 Å². The van der Waals surface area contributed by atoms with E-state index in [4.69, 9.17) is 0 Å². The van der Waals surface area contributed by atoms with Crippen LogP contribution in [0.1, 0.15) is 46.9 Å². The summed E-state index contributed by atoms with van der Waals surface area (Å²) in [5.41, 5.74) is 1.46. The first-order valence-corrected chi connectivity index (χ1v) is 12.1. The SMILES string of the molecule is CC(C)N(CC1CN(Cc2cccn2C)CC1c1cccc(C(F)(F)F)c1)C(=O)c1ccc(F)cc1. The highest BCUT2D eigenvalue weighted by molar-refractivity contribution is 5.94. The van der Waals surface area contributed by atoms with Crippen LogP contribution in [0.4, 0.5) is 17.6 Å². The van der Waals surface area contributed by atoms with Crippen molar-refractivity contribution < 1.29 is 22.4 Å². The van der Waals surface area contributed by atoms with Gasteiger partial charge >= 0.3 is 6.18 Å². The fraction of sp³-hybridized carbons (Fsp3) is 0.393. The summed E-state index contributed by atoms with van der Waals surface area (Å²) in [7, 11) is 1.97. The van der Waals surface area contributed by atoms with Crippen LogP contribution in [0.15, 0.2) is 66.9 Å². The highest BCUT2D eigenvalue weighted by atomic mass is 19.4. The molecule has 0 aliphatic carbocycles. The fourth-order valence-electron chi connectivity index (χ4n) is 5.03. The summed E-state index contributed by atoms with van der Waals surface area (Å²) >= 11 is 0. The molecule has 1 aromatic heterocycles. The van der Waals surface area contributed by atoms with E-state index >= 15 is 0 Å². The third-order valence-electron chi connectivity index (χ3n) is 7.00. The molecule has 2 aromatic carbocycles. The molecule has 1 aliphatic heterocycles. The lowest BCUT2D eigenvalue weighted by molar-refractivity contribution is -0.137. The third-order valence-corrected chi connectivity index (χ3v) is 7.00. The number of aryl methyl sites for hydroxylation is 1. The van der Waals surface area contributed by atoms with Gasteiger partial charge in [0, 0.05) is 62.6 Å². The number of benzene rings is 2. The smallest absolute Gasteiger partial charge is 0.353 e. The predicted octanol–water partition coefficient (Wildman–Crippen LogP) is 5.95. The number of halogens is 4. The molecule has 1 saturated heterocycles. The molecule has 0 N–H and O–H groups in total. The predicted molar refractivity (Wildman–Crippen MR) is 131 cm³/mol. The molecule has 0 saturated carbocycles. The molecule has 3 aromatic rings. The van der Waals surface area contributed by atoms with Crippen LogP contribution in [0.5, 0.6) is 0 Å². The molecule has 2 heterocycles. The van der Waals surface area contributed by atoms with Crippen LogP contribution >= 0.6 is 0 Å². The minimum atomic E-state index is -4.42. The van der Waals surface area contributed by atoms with Gasteiger partial charge in [-0.3, -0.25) is 9.69 Å². The number of aromatic nitrogens is 1. The van der Waals surface area contributed by atoms with Gasteiger partial charge in [0.2, 0.25) is 0 Å². The normalized spacial score (nSPS) is 18.7. The second-order valence-electron chi connectivity index (χ2n) is 9.85. The largest absolute Gasteiger partial charge is 0.416 e. The van der Waals surface area contributed by atoms with Gasteiger partial charge in [0.25, 0.3) is 5.91 Å². The molecule has 192 valence electrons. The zero-order valence-corrected chi connectivity index (χ0v) is 20.7. The Morgan fingerprint density at radius 1 is 1.06 bits per heavy atom. The maximum atomic E-state index is 13.5. The Morgan fingerprint density at radius 3 is 2.39 bits per heavy atom. The number of hydrogen-bond acceptors (Lipinski definition) is 2. The van der Waals surface area contributed by atoms with Crippen LogP contribution < -0.4 is 0 Å². The van der Waals surface area contributed by atoms with Crippen molar-refractivity contribution in [3.8, 4) is 0 Å². The van der Waals surface area contributed by atoms with Crippen LogP contribution in [0.2, 0.25) is 0 Å². The van der Waals surface area contributed by atoms with E-state index in [0.29, 0.717) is 37.3 Å². The first-order valence-electron chi connectivity index (χ1n) is 12.1. The van der Waals surface area contributed by atoms with Crippen molar-refractivity contribution in [3.63, 3.8) is 0 Å². The Hall–Kier alpha value is -3.13. The molecule has 0 spiro atoms. The minimum Gasteiger partial charge on any atom is -0.353 e. The van der Waals surface area contributed by atoms with Gasteiger partial charge in [-0.2, -0.15) is 13.2 Å². The van der Waals surface area contributed by atoms with E-state index in [1.165, 1.54) is 36.4 Å². The summed E-state index contributed by atoms with van der Waals surface area (Å²) in [4.78, 5) is 17.3. The number of likely N-dealkylation sites (tertiary alicyclic amines) is 1. The molecule has 2 atom stereocenters. The topological polar surface area (TPSA) is 28.5 Å². The number of rotatable bonds is 7. The van der Waals surface area contributed by atoms with Crippen LogP contribution in [0.3, 0.4) is 0 Å². The summed E-state index contributed by atoms with van der Waals surface area (Å²) < 4.78 is 55.9.